The van der Waals surface area contributed by atoms with E-state index in [-0.39, 0.29) is 5.92 Å². The van der Waals surface area contributed by atoms with Crippen LogP contribution < -0.4 is 10.5 Å². The van der Waals surface area contributed by atoms with Crippen LogP contribution in [0.5, 0.6) is 5.75 Å². The summed E-state index contributed by atoms with van der Waals surface area (Å²) in [5.41, 5.74) is 6.49. The summed E-state index contributed by atoms with van der Waals surface area (Å²) in [6.45, 7) is 1.05. The van der Waals surface area contributed by atoms with Crippen molar-refractivity contribution in [3.8, 4) is 5.75 Å². The molecule has 0 saturated heterocycles. The van der Waals surface area contributed by atoms with Crippen molar-refractivity contribution in [2.45, 2.75) is 31.9 Å². The minimum Gasteiger partial charge on any atom is -0.456 e. The molecule has 8 heteroatoms. The van der Waals surface area contributed by atoms with Gasteiger partial charge in [-0.1, -0.05) is 47.6 Å². The zero-order chi connectivity index (χ0) is 25.6. The van der Waals surface area contributed by atoms with E-state index >= 15 is 0 Å². The van der Waals surface area contributed by atoms with Gasteiger partial charge in [-0.2, -0.15) is 0 Å². The lowest BCUT2D eigenvalue weighted by Crippen LogP contribution is -2.09. The Balaban J connectivity index is 1.38. The number of ether oxygens (including phenoxy) is 2. The SMILES string of the molecule is COCc1nc2ccccc2n1Cc1ccc2c(c1)C(=Cc1noc(=O)[nH]1)Oc1ccccc1C2C1CC1. The van der Waals surface area contributed by atoms with Crippen molar-refractivity contribution >= 4 is 22.9 Å². The Morgan fingerprint density at radius 3 is 2.74 bits per heavy atom. The molecular weight excluding hydrogens is 480 g/mol. The van der Waals surface area contributed by atoms with E-state index in [2.05, 4.69) is 51.1 Å². The largest absolute Gasteiger partial charge is 0.456 e. The van der Waals surface area contributed by atoms with Gasteiger partial charge in [0.15, 0.2) is 5.82 Å². The van der Waals surface area contributed by atoms with Gasteiger partial charge in [0.25, 0.3) is 0 Å². The van der Waals surface area contributed by atoms with Crippen molar-refractivity contribution in [3.63, 3.8) is 0 Å². The van der Waals surface area contributed by atoms with Crippen molar-refractivity contribution in [2.75, 3.05) is 7.11 Å². The Labute approximate surface area is 218 Å². The number of imidazole rings is 1. The molecule has 1 atom stereocenters. The average Bonchev–Trinajstić information content (AvgIpc) is 3.62. The molecule has 0 spiro atoms. The molecule has 2 aromatic heterocycles. The fourth-order valence-corrected chi connectivity index (χ4v) is 5.55. The summed E-state index contributed by atoms with van der Waals surface area (Å²) < 4.78 is 18.9. The van der Waals surface area contributed by atoms with E-state index in [1.54, 1.807) is 13.2 Å². The minimum atomic E-state index is -0.603. The standard InChI is InChI=1S/C30H26N4O4/c1-36-17-28-31-23-7-3-4-8-24(23)34(28)16-18-10-13-20-22(14-18)26(15-27-32-30(35)38-33-27)37-25-9-5-2-6-21(25)29(20)19-11-12-19/h2-10,13-15,19,29H,11-12,16-17H2,1H3,(H,32,33,35). The van der Waals surface area contributed by atoms with Crippen LogP contribution in [-0.2, 0) is 17.9 Å². The summed E-state index contributed by atoms with van der Waals surface area (Å²) in [4.78, 5) is 19.1. The Bertz CT molecular complexity index is 1740. The van der Waals surface area contributed by atoms with Gasteiger partial charge >= 0.3 is 5.76 Å². The molecule has 1 N–H and O–H groups in total. The highest BCUT2D eigenvalue weighted by Gasteiger charge is 2.38. The lowest BCUT2D eigenvalue weighted by molar-refractivity contribution is 0.175. The number of para-hydroxylation sites is 3. The maximum atomic E-state index is 11.6. The number of nitrogens with zero attached hydrogens (tertiary/aromatic N) is 3. The van der Waals surface area contributed by atoms with E-state index in [9.17, 15) is 4.79 Å². The molecule has 1 aliphatic heterocycles. The Hall–Kier alpha value is -4.43. The molecule has 0 radical (unpaired) electrons. The summed E-state index contributed by atoms with van der Waals surface area (Å²) in [5.74, 6) is 2.83. The first-order chi connectivity index (χ1) is 18.7. The van der Waals surface area contributed by atoms with E-state index in [0.717, 1.165) is 33.7 Å². The number of hydrogen-bond acceptors (Lipinski definition) is 6. The monoisotopic (exact) mass is 506 g/mol. The van der Waals surface area contributed by atoms with Crippen LogP contribution in [0.3, 0.4) is 0 Å². The van der Waals surface area contributed by atoms with E-state index in [4.69, 9.17) is 19.0 Å². The summed E-state index contributed by atoms with van der Waals surface area (Å²) in [5, 5.41) is 3.86. The quantitative estimate of drug-likeness (QED) is 0.334. The predicted molar refractivity (Wildman–Crippen MR) is 143 cm³/mol. The van der Waals surface area contributed by atoms with Gasteiger partial charge in [-0.3, -0.25) is 9.51 Å². The van der Waals surface area contributed by atoms with E-state index in [1.165, 1.54) is 24.0 Å². The van der Waals surface area contributed by atoms with Crippen LogP contribution in [0, 0.1) is 5.92 Å². The second kappa shape index (κ2) is 9.15. The molecule has 38 heavy (non-hydrogen) atoms. The summed E-state index contributed by atoms with van der Waals surface area (Å²) >= 11 is 0. The average molecular weight is 507 g/mol. The fourth-order valence-electron chi connectivity index (χ4n) is 5.55. The highest BCUT2D eigenvalue weighted by molar-refractivity contribution is 5.81. The van der Waals surface area contributed by atoms with Crippen LogP contribution in [0.15, 0.2) is 76.0 Å². The number of hydrogen-bond donors (Lipinski definition) is 1. The van der Waals surface area contributed by atoms with Gasteiger partial charge in [-0.05, 0) is 54.2 Å². The second-order valence-electron chi connectivity index (χ2n) is 9.90. The van der Waals surface area contributed by atoms with Crippen molar-refractivity contribution in [1.29, 1.82) is 0 Å². The molecule has 2 aliphatic rings. The van der Waals surface area contributed by atoms with Crippen LogP contribution in [0.2, 0.25) is 0 Å². The third-order valence-corrected chi connectivity index (χ3v) is 7.36. The van der Waals surface area contributed by atoms with Crippen LogP contribution >= 0.6 is 0 Å². The van der Waals surface area contributed by atoms with Crippen LogP contribution in [0.25, 0.3) is 22.9 Å². The van der Waals surface area contributed by atoms with Crippen molar-refractivity contribution in [1.82, 2.24) is 19.7 Å². The first-order valence-electron chi connectivity index (χ1n) is 12.8. The summed E-state index contributed by atoms with van der Waals surface area (Å²) in [7, 11) is 1.68. The Kier molecular flexibility index (Phi) is 5.47. The summed E-state index contributed by atoms with van der Waals surface area (Å²) in [6, 6.07) is 23.0. The summed E-state index contributed by atoms with van der Waals surface area (Å²) in [6.07, 6.45) is 4.12. The van der Waals surface area contributed by atoms with Gasteiger partial charge in [-0.15, -0.1) is 0 Å². The van der Waals surface area contributed by atoms with E-state index in [0.29, 0.717) is 30.7 Å². The third-order valence-electron chi connectivity index (χ3n) is 7.36. The van der Waals surface area contributed by atoms with Gasteiger partial charge in [0, 0.05) is 36.8 Å². The number of methoxy groups -OCH3 is 1. The maximum absolute atomic E-state index is 11.6. The van der Waals surface area contributed by atoms with Gasteiger partial charge in [0.2, 0.25) is 0 Å². The first-order valence-corrected chi connectivity index (χ1v) is 12.8. The van der Waals surface area contributed by atoms with E-state index < -0.39 is 5.76 Å². The predicted octanol–water partition coefficient (Wildman–Crippen LogP) is 5.34. The highest BCUT2D eigenvalue weighted by atomic mass is 16.5. The van der Waals surface area contributed by atoms with E-state index in [1.807, 2.05) is 30.3 Å². The molecule has 1 saturated carbocycles. The number of aromatic amines is 1. The third kappa shape index (κ3) is 4.03. The molecule has 7 rings (SSSR count). The fraction of sp³-hybridized carbons (Fsp3) is 0.233. The number of aromatic nitrogens is 4. The number of nitrogens with one attached hydrogen (secondary N) is 1. The van der Waals surface area contributed by atoms with Gasteiger partial charge in [-0.25, -0.2) is 9.78 Å². The van der Waals surface area contributed by atoms with Crippen LogP contribution in [-0.4, -0.2) is 26.8 Å². The lowest BCUT2D eigenvalue weighted by atomic mass is 9.83. The molecule has 1 aliphatic carbocycles. The van der Waals surface area contributed by atoms with Crippen molar-refractivity contribution in [2.24, 2.45) is 5.92 Å². The van der Waals surface area contributed by atoms with Crippen LogP contribution in [0.4, 0.5) is 0 Å². The number of rotatable bonds is 6. The Morgan fingerprint density at radius 1 is 1.08 bits per heavy atom. The zero-order valence-corrected chi connectivity index (χ0v) is 20.9. The zero-order valence-electron chi connectivity index (χ0n) is 20.9. The molecule has 8 nitrogen and oxygen atoms in total. The number of H-pyrrole nitrogens is 1. The minimum absolute atomic E-state index is 0.232. The molecular formula is C30H26N4O4. The number of benzene rings is 3. The Morgan fingerprint density at radius 2 is 1.92 bits per heavy atom. The molecule has 0 amide bonds. The molecule has 3 aromatic carbocycles. The molecule has 3 heterocycles. The first kappa shape index (κ1) is 22.7. The lowest BCUT2D eigenvalue weighted by Gasteiger charge is -2.19. The molecule has 1 unspecified atom stereocenters. The second-order valence-corrected chi connectivity index (χ2v) is 9.90. The molecule has 0 bridgehead atoms. The normalized spacial score (nSPS) is 17.7. The van der Waals surface area contributed by atoms with Gasteiger partial charge < -0.3 is 14.0 Å². The smallest absolute Gasteiger partial charge is 0.439 e. The molecule has 5 aromatic rings. The van der Waals surface area contributed by atoms with Crippen LogP contribution in [0.1, 0.15) is 52.7 Å². The van der Waals surface area contributed by atoms with Crippen molar-refractivity contribution < 1.29 is 14.0 Å². The molecule has 190 valence electrons. The highest BCUT2D eigenvalue weighted by Crippen LogP contribution is 2.52. The van der Waals surface area contributed by atoms with Gasteiger partial charge in [0.1, 0.15) is 23.9 Å². The molecule has 1 fully saturated rings. The number of fused-ring (bicyclic) bond motifs is 3. The maximum Gasteiger partial charge on any atom is 0.439 e. The van der Waals surface area contributed by atoms with Crippen molar-refractivity contribution in [3.05, 3.63) is 111 Å². The van der Waals surface area contributed by atoms with Gasteiger partial charge in [0.05, 0.1) is 11.0 Å². The topological polar surface area (TPSA) is 95.2 Å².